The summed E-state index contributed by atoms with van der Waals surface area (Å²) in [6.45, 7) is 0.486. The van der Waals surface area contributed by atoms with Gasteiger partial charge in [-0.1, -0.05) is 0 Å². The number of nitrogens with zero attached hydrogens (tertiary/aromatic N) is 1. The summed E-state index contributed by atoms with van der Waals surface area (Å²) < 4.78 is 0. The van der Waals surface area contributed by atoms with Gasteiger partial charge in [0.2, 0.25) is 17.7 Å². The second-order valence-corrected chi connectivity index (χ2v) is 6.97. The largest absolute Gasteiger partial charge is 0.480 e. The summed E-state index contributed by atoms with van der Waals surface area (Å²) in [4.78, 5) is 50.0. The average Bonchev–Trinajstić information content (AvgIpc) is 3.18. The van der Waals surface area contributed by atoms with Crippen molar-refractivity contribution in [2.45, 2.75) is 50.2 Å². The minimum absolute atomic E-state index is 0.129. The molecule has 30 heavy (non-hydrogen) atoms. The molecule has 0 bridgehead atoms. The van der Waals surface area contributed by atoms with E-state index in [0.29, 0.717) is 32.4 Å². The second-order valence-electron chi connectivity index (χ2n) is 6.97. The molecule has 0 unspecified atom stereocenters. The molecule has 0 radical (unpaired) electrons. The Hall–Kier alpha value is -2.93. The summed E-state index contributed by atoms with van der Waals surface area (Å²) in [5, 5.41) is 24.0. The van der Waals surface area contributed by atoms with Crippen LogP contribution in [-0.2, 0) is 19.2 Å². The predicted octanol–water partition coefficient (Wildman–Crippen LogP) is -3.40. The van der Waals surface area contributed by atoms with E-state index < -0.39 is 41.8 Å². The van der Waals surface area contributed by atoms with E-state index in [4.69, 9.17) is 22.6 Å². The van der Waals surface area contributed by atoms with Crippen molar-refractivity contribution in [1.82, 2.24) is 20.9 Å². The summed E-state index contributed by atoms with van der Waals surface area (Å²) >= 11 is 0. The molecule has 0 spiro atoms. The molecule has 1 rings (SSSR count). The van der Waals surface area contributed by atoms with Crippen LogP contribution < -0.4 is 33.2 Å². The van der Waals surface area contributed by atoms with Crippen LogP contribution in [0.5, 0.6) is 0 Å². The smallest absolute Gasteiger partial charge is 0.326 e. The lowest BCUT2D eigenvalue weighted by atomic mass is 10.1. The van der Waals surface area contributed by atoms with E-state index >= 15 is 0 Å². The zero-order valence-electron chi connectivity index (χ0n) is 16.9. The zero-order chi connectivity index (χ0) is 22.7. The van der Waals surface area contributed by atoms with Gasteiger partial charge in [0.25, 0.3) is 0 Å². The first-order valence-electron chi connectivity index (χ1n) is 9.82. The number of rotatable bonds is 12. The average molecular weight is 428 g/mol. The van der Waals surface area contributed by atoms with Gasteiger partial charge in [0, 0.05) is 13.1 Å². The van der Waals surface area contributed by atoms with Crippen molar-refractivity contribution < 1.29 is 24.3 Å². The highest BCUT2D eigenvalue weighted by molar-refractivity contribution is 5.94. The van der Waals surface area contributed by atoms with E-state index in [1.807, 2.05) is 0 Å². The Morgan fingerprint density at radius 2 is 1.83 bits per heavy atom. The van der Waals surface area contributed by atoms with Crippen molar-refractivity contribution >= 4 is 29.7 Å². The normalized spacial score (nSPS) is 17.7. The number of carbonyl (C=O) groups excluding carboxylic acids is 3. The third kappa shape index (κ3) is 7.83. The molecule has 3 atom stereocenters. The van der Waals surface area contributed by atoms with Crippen molar-refractivity contribution in [3.63, 3.8) is 0 Å². The van der Waals surface area contributed by atoms with Crippen LogP contribution in [0.4, 0.5) is 0 Å². The lowest BCUT2D eigenvalue weighted by Crippen LogP contribution is -2.56. The van der Waals surface area contributed by atoms with Crippen LogP contribution in [0.15, 0.2) is 0 Å². The van der Waals surface area contributed by atoms with E-state index in [-0.39, 0.29) is 31.9 Å². The fraction of sp³-hybridized carbons (Fsp3) is 0.706. The van der Waals surface area contributed by atoms with Crippen LogP contribution in [0, 0.1) is 5.41 Å². The van der Waals surface area contributed by atoms with E-state index in [1.54, 1.807) is 0 Å². The second kappa shape index (κ2) is 12.6. The fourth-order valence-corrected chi connectivity index (χ4v) is 3.24. The predicted molar refractivity (Wildman–Crippen MR) is 108 cm³/mol. The summed E-state index contributed by atoms with van der Waals surface area (Å²) in [5.74, 6) is -2.94. The third-order valence-electron chi connectivity index (χ3n) is 4.71. The number of guanidine groups is 1. The SMILES string of the molecule is N=C(N)NCCC[C@H](NC(=O)[C@@H]1CCCN1C(=O)[C@H](CCN)NC(=O)CN)C(=O)O. The molecule has 1 fully saturated rings. The van der Waals surface area contributed by atoms with Crippen molar-refractivity contribution in [3.05, 3.63) is 0 Å². The molecule has 1 aliphatic heterocycles. The number of amides is 3. The van der Waals surface area contributed by atoms with Gasteiger partial charge in [0.15, 0.2) is 5.96 Å². The number of hydrogen-bond donors (Lipinski definition) is 8. The summed E-state index contributed by atoms with van der Waals surface area (Å²) in [6.07, 6.45) is 1.65. The molecule has 1 saturated heterocycles. The first-order valence-corrected chi connectivity index (χ1v) is 9.82. The Kier molecular flexibility index (Phi) is 10.5. The van der Waals surface area contributed by atoms with Crippen LogP contribution in [0.1, 0.15) is 32.1 Å². The monoisotopic (exact) mass is 428 g/mol. The molecule has 13 nitrogen and oxygen atoms in total. The van der Waals surface area contributed by atoms with Crippen molar-refractivity contribution in [3.8, 4) is 0 Å². The van der Waals surface area contributed by atoms with E-state index in [9.17, 15) is 24.3 Å². The van der Waals surface area contributed by atoms with Gasteiger partial charge in [0.1, 0.15) is 18.1 Å². The topological polar surface area (TPSA) is 230 Å². The molecule has 0 aliphatic carbocycles. The molecule has 0 saturated carbocycles. The van der Waals surface area contributed by atoms with Gasteiger partial charge < -0.3 is 43.2 Å². The van der Waals surface area contributed by atoms with E-state index in [1.165, 1.54) is 4.90 Å². The molecule has 1 aliphatic rings. The van der Waals surface area contributed by atoms with Gasteiger partial charge in [0.05, 0.1) is 6.54 Å². The van der Waals surface area contributed by atoms with Gasteiger partial charge in [-0.25, -0.2) is 4.79 Å². The lowest BCUT2D eigenvalue weighted by molar-refractivity contribution is -0.145. The molecule has 11 N–H and O–H groups in total. The Morgan fingerprint density at radius 1 is 1.13 bits per heavy atom. The van der Waals surface area contributed by atoms with Gasteiger partial charge >= 0.3 is 5.97 Å². The highest BCUT2D eigenvalue weighted by Gasteiger charge is 2.38. The quantitative estimate of drug-likeness (QED) is 0.0878. The van der Waals surface area contributed by atoms with Gasteiger partial charge in [-0.3, -0.25) is 19.8 Å². The Balaban J connectivity index is 2.76. The first-order chi connectivity index (χ1) is 14.2. The van der Waals surface area contributed by atoms with Crippen molar-refractivity contribution in [2.75, 3.05) is 26.2 Å². The number of carboxylic acids is 1. The maximum absolute atomic E-state index is 12.9. The molecule has 3 amide bonds. The maximum Gasteiger partial charge on any atom is 0.326 e. The van der Waals surface area contributed by atoms with Crippen LogP contribution in [-0.4, -0.2) is 84.0 Å². The Labute approximate surface area is 174 Å². The minimum Gasteiger partial charge on any atom is -0.480 e. The number of aliphatic carboxylic acids is 1. The van der Waals surface area contributed by atoms with E-state index in [2.05, 4.69) is 16.0 Å². The number of hydrogen-bond acceptors (Lipinski definition) is 7. The molecule has 170 valence electrons. The summed E-state index contributed by atoms with van der Waals surface area (Å²) in [5.41, 5.74) is 16.0. The molecule has 0 aromatic rings. The number of carbonyl (C=O) groups is 4. The molecule has 0 aromatic carbocycles. The number of likely N-dealkylation sites (tertiary alicyclic amines) is 1. The van der Waals surface area contributed by atoms with Gasteiger partial charge in [-0.2, -0.15) is 0 Å². The summed E-state index contributed by atoms with van der Waals surface area (Å²) in [6, 6.07) is -2.86. The standard InChI is InChI=1S/C17H32N8O5/c18-6-5-10(23-13(26)9-19)15(28)25-8-2-4-12(25)14(27)24-11(16(29)30)3-1-7-22-17(20)21/h10-12H,1-9,18-19H2,(H,23,26)(H,24,27)(H,29,30)(H4,20,21,22)/t10-,11-,12-/m0/s1. The van der Waals surface area contributed by atoms with Gasteiger partial charge in [-0.15, -0.1) is 0 Å². The molecule has 0 aromatic heterocycles. The molecule has 13 heteroatoms. The number of nitrogens with one attached hydrogen (secondary N) is 4. The zero-order valence-corrected chi connectivity index (χ0v) is 16.9. The van der Waals surface area contributed by atoms with Crippen molar-refractivity contribution in [1.29, 1.82) is 5.41 Å². The Bertz CT molecular complexity index is 644. The van der Waals surface area contributed by atoms with Crippen LogP contribution >= 0.6 is 0 Å². The van der Waals surface area contributed by atoms with Crippen LogP contribution in [0.3, 0.4) is 0 Å². The Morgan fingerprint density at radius 3 is 2.40 bits per heavy atom. The van der Waals surface area contributed by atoms with Crippen LogP contribution in [0.2, 0.25) is 0 Å². The highest BCUT2D eigenvalue weighted by atomic mass is 16.4. The lowest BCUT2D eigenvalue weighted by Gasteiger charge is -2.29. The third-order valence-corrected chi connectivity index (χ3v) is 4.71. The molecular weight excluding hydrogens is 396 g/mol. The van der Waals surface area contributed by atoms with Crippen molar-refractivity contribution in [2.24, 2.45) is 17.2 Å². The fourth-order valence-electron chi connectivity index (χ4n) is 3.24. The van der Waals surface area contributed by atoms with E-state index in [0.717, 1.165) is 0 Å². The first kappa shape index (κ1) is 25.1. The molecular formula is C17H32N8O5. The van der Waals surface area contributed by atoms with Crippen LogP contribution in [0.25, 0.3) is 0 Å². The molecule has 1 heterocycles. The maximum atomic E-state index is 12.9. The number of carboxylic acid groups (broad SMARTS) is 1. The summed E-state index contributed by atoms with van der Waals surface area (Å²) in [7, 11) is 0. The van der Waals surface area contributed by atoms with Gasteiger partial charge in [-0.05, 0) is 38.6 Å². The highest BCUT2D eigenvalue weighted by Crippen LogP contribution is 2.19. The number of nitrogens with two attached hydrogens (primary N) is 3. The minimum atomic E-state index is -1.20.